The summed E-state index contributed by atoms with van der Waals surface area (Å²) in [6.45, 7) is 0. The molecule has 1 N–H and O–H groups in total. The van der Waals surface area contributed by atoms with Gasteiger partial charge in [-0.3, -0.25) is 0 Å². The lowest BCUT2D eigenvalue weighted by molar-refractivity contribution is -0.0908. The van der Waals surface area contributed by atoms with Crippen LogP contribution in [0.3, 0.4) is 0 Å². The SMILES string of the molecule is OC(c1cc(Br)sc1Br)C1C2CC3CC(C2)CC1C3. The Morgan fingerprint density at radius 2 is 1.63 bits per heavy atom. The van der Waals surface area contributed by atoms with Crippen LogP contribution in [-0.4, -0.2) is 5.11 Å². The molecule has 4 aliphatic carbocycles. The van der Waals surface area contributed by atoms with E-state index >= 15 is 0 Å². The van der Waals surface area contributed by atoms with Crippen molar-refractivity contribution in [2.75, 3.05) is 0 Å². The van der Waals surface area contributed by atoms with Gasteiger partial charge in [0.25, 0.3) is 0 Å². The first-order chi connectivity index (χ1) is 9.11. The monoisotopic (exact) mass is 404 g/mol. The smallest absolute Gasteiger partial charge is 0.0843 e. The summed E-state index contributed by atoms with van der Waals surface area (Å²) in [5, 5.41) is 10.9. The van der Waals surface area contributed by atoms with Gasteiger partial charge in [-0.05, 0) is 99.6 Å². The molecule has 0 aromatic carbocycles. The Kier molecular flexibility index (Phi) is 3.37. The molecule has 4 fully saturated rings. The predicted octanol–water partition coefficient (Wildman–Crippen LogP) is 5.38. The van der Waals surface area contributed by atoms with E-state index in [4.69, 9.17) is 0 Å². The van der Waals surface area contributed by atoms with E-state index in [0.717, 1.165) is 36.8 Å². The van der Waals surface area contributed by atoms with E-state index in [9.17, 15) is 5.11 Å². The molecule has 1 nitrogen and oxygen atoms in total. The summed E-state index contributed by atoms with van der Waals surface area (Å²) in [5.74, 6) is 4.01. The quantitative estimate of drug-likeness (QED) is 0.700. The maximum absolute atomic E-state index is 10.9. The van der Waals surface area contributed by atoms with Gasteiger partial charge in [0.1, 0.15) is 0 Å². The number of hydrogen-bond acceptors (Lipinski definition) is 2. The minimum absolute atomic E-state index is 0.271. The van der Waals surface area contributed by atoms with Crippen molar-refractivity contribution in [3.63, 3.8) is 0 Å². The summed E-state index contributed by atoms with van der Waals surface area (Å²) in [5.41, 5.74) is 1.11. The maximum atomic E-state index is 10.9. The fourth-order valence-electron chi connectivity index (χ4n) is 5.24. The van der Waals surface area contributed by atoms with E-state index in [2.05, 4.69) is 37.9 Å². The minimum atomic E-state index is -0.271. The minimum Gasteiger partial charge on any atom is -0.388 e. The van der Waals surface area contributed by atoms with Crippen molar-refractivity contribution in [2.45, 2.75) is 38.2 Å². The summed E-state index contributed by atoms with van der Waals surface area (Å²) in [6.07, 6.45) is 6.70. The number of aliphatic hydroxyl groups excluding tert-OH is 1. The molecule has 0 spiro atoms. The van der Waals surface area contributed by atoms with E-state index < -0.39 is 0 Å². The highest BCUT2D eigenvalue weighted by molar-refractivity contribution is 9.12. The summed E-state index contributed by atoms with van der Waals surface area (Å²) >= 11 is 8.82. The number of halogens is 2. The molecule has 4 saturated carbocycles. The summed E-state index contributed by atoms with van der Waals surface area (Å²) < 4.78 is 2.21. The Labute approximate surface area is 135 Å². The first kappa shape index (κ1) is 13.3. The van der Waals surface area contributed by atoms with Gasteiger partial charge in [-0.2, -0.15) is 0 Å². The Hall–Kier alpha value is 0.620. The lowest BCUT2D eigenvalue weighted by Gasteiger charge is -2.55. The second-order valence-corrected chi connectivity index (χ2v) is 10.5. The normalized spacial score (nSPS) is 41.7. The lowest BCUT2D eigenvalue weighted by Crippen LogP contribution is -2.47. The van der Waals surface area contributed by atoms with Crippen LogP contribution in [0.4, 0.5) is 0 Å². The average molecular weight is 406 g/mol. The molecule has 0 radical (unpaired) electrons. The molecule has 104 valence electrons. The van der Waals surface area contributed by atoms with Crippen LogP contribution in [0.2, 0.25) is 0 Å². The van der Waals surface area contributed by atoms with Gasteiger partial charge in [-0.25, -0.2) is 0 Å². The van der Waals surface area contributed by atoms with E-state index in [1.165, 1.54) is 32.1 Å². The molecular weight excluding hydrogens is 388 g/mol. The molecule has 19 heavy (non-hydrogen) atoms. The Balaban J connectivity index is 1.63. The zero-order valence-electron chi connectivity index (χ0n) is 10.7. The first-order valence-corrected chi connectivity index (χ1v) is 9.65. The van der Waals surface area contributed by atoms with E-state index in [1.807, 2.05) is 0 Å². The molecule has 1 aromatic heterocycles. The number of rotatable bonds is 2. The molecular formula is C15H18Br2OS. The van der Waals surface area contributed by atoms with E-state index in [0.29, 0.717) is 5.92 Å². The summed E-state index contributed by atoms with van der Waals surface area (Å²) in [7, 11) is 0. The predicted molar refractivity (Wildman–Crippen MR) is 85.2 cm³/mol. The second-order valence-electron chi connectivity index (χ2n) is 6.73. The molecule has 4 heteroatoms. The number of aliphatic hydroxyl groups is 1. The molecule has 1 heterocycles. The van der Waals surface area contributed by atoms with E-state index in [-0.39, 0.29) is 6.10 Å². The van der Waals surface area contributed by atoms with Crippen LogP contribution < -0.4 is 0 Å². The van der Waals surface area contributed by atoms with Crippen LogP contribution in [-0.2, 0) is 0 Å². The molecule has 1 unspecified atom stereocenters. The Morgan fingerprint density at radius 3 is 2.11 bits per heavy atom. The second kappa shape index (κ2) is 4.82. The highest BCUT2D eigenvalue weighted by Crippen LogP contribution is 2.60. The van der Waals surface area contributed by atoms with Crippen molar-refractivity contribution < 1.29 is 5.11 Å². The topological polar surface area (TPSA) is 20.2 Å². The maximum Gasteiger partial charge on any atom is 0.0843 e. The molecule has 5 rings (SSSR count). The third kappa shape index (κ3) is 2.18. The zero-order valence-corrected chi connectivity index (χ0v) is 14.7. The van der Waals surface area contributed by atoms with Crippen LogP contribution in [0, 0.1) is 29.6 Å². The average Bonchev–Trinajstić information content (AvgIpc) is 2.66. The zero-order chi connectivity index (χ0) is 13.1. The standard InChI is InChI=1S/C15H18Br2OS/c16-12-6-11(15(17)19-12)14(18)13-9-2-7-1-8(4-9)5-10(13)3-7/h6-10,13-14,18H,1-5H2. The highest BCUT2D eigenvalue weighted by Gasteiger charge is 2.50. The van der Waals surface area contributed by atoms with Crippen molar-refractivity contribution >= 4 is 43.2 Å². The van der Waals surface area contributed by atoms with Crippen molar-refractivity contribution in [1.82, 2.24) is 0 Å². The van der Waals surface area contributed by atoms with Crippen LogP contribution in [0.15, 0.2) is 13.6 Å². The summed E-state index contributed by atoms with van der Waals surface area (Å²) in [4.78, 5) is 0. The fourth-order valence-corrected chi connectivity index (χ4v) is 8.16. The molecule has 0 aliphatic heterocycles. The van der Waals surface area contributed by atoms with Gasteiger partial charge in [-0.1, -0.05) is 0 Å². The van der Waals surface area contributed by atoms with Crippen molar-refractivity contribution in [2.24, 2.45) is 29.6 Å². The van der Waals surface area contributed by atoms with Gasteiger partial charge in [0.15, 0.2) is 0 Å². The number of hydrogen-bond donors (Lipinski definition) is 1. The third-order valence-electron chi connectivity index (χ3n) is 5.67. The van der Waals surface area contributed by atoms with Crippen LogP contribution >= 0.6 is 43.2 Å². The molecule has 0 saturated heterocycles. The fraction of sp³-hybridized carbons (Fsp3) is 0.733. The van der Waals surface area contributed by atoms with Crippen LogP contribution in [0.5, 0.6) is 0 Å². The van der Waals surface area contributed by atoms with Gasteiger partial charge < -0.3 is 5.11 Å². The molecule has 1 atom stereocenters. The van der Waals surface area contributed by atoms with Crippen LogP contribution in [0.1, 0.15) is 43.8 Å². The summed E-state index contributed by atoms with van der Waals surface area (Å²) in [6, 6.07) is 2.10. The lowest BCUT2D eigenvalue weighted by atomic mass is 9.50. The molecule has 4 aliphatic rings. The van der Waals surface area contributed by atoms with Crippen molar-refractivity contribution in [1.29, 1.82) is 0 Å². The Bertz CT molecular complexity index is 470. The molecule has 0 amide bonds. The van der Waals surface area contributed by atoms with Gasteiger partial charge in [0.2, 0.25) is 0 Å². The van der Waals surface area contributed by atoms with Crippen molar-refractivity contribution in [3.8, 4) is 0 Å². The van der Waals surface area contributed by atoms with Gasteiger partial charge in [0, 0.05) is 5.56 Å². The van der Waals surface area contributed by atoms with Gasteiger partial charge in [-0.15, -0.1) is 11.3 Å². The van der Waals surface area contributed by atoms with Crippen LogP contribution in [0.25, 0.3) is 0 Å². The van der Waals surface area contributed by atoms with Gasteiger partial charge >= 0.3 is 0 Å². The Morgan fingerprint density at radius 1 is 1.05 bits per heavy atom. The number of thiophene rings is 1. The molecule has 1 aromatic rings. The highest BCUT2D eigenvalue weighted by atomic mass is 79.9. The van der Waals surface area contributed by atoms with Crippen molar-refractivity contribution in [3.05, 3.63) is 19.2 Å². The first-order valence-electron chi connectivity index (χ1n) is 7.24. The third-order valence-corrected chi connectivity index (χ3v) is 8.05. The van der Waals surface area contributed by atoms with Gasteiger partial charge in [0.05, 0.1) is 13.7 Å². The molecule has 4 bridgehead atoms. The van der Waals surface area contributed by atoms with E-state index in [1.54, 1.807) is 11.3 Å². The largest absolute Gasteiger partial charge is 0.388 e.